The van der Waals surface area contributed by atoms with Gasteiger partial charge in [-0.1, -0.05) is 54.1 Å². The van der Waals surface area contributed by atoms with Crippen LogP contribution in [0.1, 0.15) is 33.1 Å². The maximum Gasteiger partial charge on any atom is 0.255 e. The number of halogens is 1. The standard InChI is InChI=1S/C23H19FN2O2/c1-15-10-11-20-19(12-15)22(16-6-3-2-4-7-16)26(14-21(27)25-20)23(28)17-8-5-9-18(24)13-17/h2-13,22H,14H2,1H3,(H,25,27)/t22-/m1/s1. The van der Waals surface area contributed by atoms with Crippen molar-refractivity contribution >= 4 is 17.5 Å². The molecule has 0 aliphatic carbocycles. The molecule has 5 heteroatoms. The number of nitrogens with one attached hydrogen (secondary N) is 1. The largest absolute Gasteiger partial charge is 0.324 e. The van der Waals surface area contributed by atoms with Crippen LogP contribution < -0.4 is 5.32 Å². The average Bonchev–Trinajstić information content (AvgIpc) is 2.83. The van der Waals surface area contributed by atoms with Crippen LogP contribution in [0.5, 0.6) is 0 Å². The van der Waals surface area contributed by atoms with Crippen molar-refractivity contribution in [2.45, 2.75) is 13.0 Å². The van der Waals surface area contributed by atoms with Crippen molar-refractivity contribution < 1.29 is 14.0 Å². The molecule has 4 nitrogen and oxygen atoms in total. The summed E-state index contributed by atoms with van der Waals surface area (Å²) in [5, 5.41) is 2.89. The van der Waals surface area contributed by atoms with E-state index in [2.05, 4.69) is 5.32 Å². The number of carbonyl (C=O) groups is 2. The fourth-order valence-electron chi connectivity index (χ4n) is 3.60. The Balaban J connectivity index is 1.89. The molecule has 140 valence electrons. The van der Waals surface area contributed by atoms with Crippen LogP contribution >= 0.6 is 0 Å². The van der Waals surface area contributed by atoms with Crippen molar-refractivity contribution in [1.29, 1.82) is 0 Å². The number of fused-ring (bicyclic) bond motifs is 1. The second-order valence-corrected chi connectivity index (χ2v) is 6.90. The second kappa shape index (κ2) is 7.27. The van der Waals surface area contributed by atoms with Gasteiger partial charge in [0.2, 0.25) is 5.91 Å². The van der Waals surface area contributed by atoms with Crippen LogP contribution in [0, 0.1) is 12.7 Å². The van der Waals surface area contributed by atoms with Gasteiger partial charge in [0.1, 0.15) is 12.4 Å². The Kier molecular flexibility index (Phi) is 4.65. The van der Waals surface area contributed by atoms with Crippen molar-refractivity contribution in [3.05, 3.63) is 101 Å². The topological polar surface area (TPSA) is 49.4 Å². The quantitative estimate of drug-likeness (QED) is 0.726. The third-order valence-electron chi connectivity index (χ3n) is 4.85. The molecule has 1 N–H and O–H groups in total. The lowest BCUT2D eigenvalue weighted by Crippen LogP contribution is -2.39. The number of benzene rings is 3. The predicted molar refractivity (Wildman–Crippen MR) is 106 cm³/mol. The van der Waals surface area contributed by atoms with Crippen molar-refractivity contribution in [3.8, 4) is 0 Å². The Morgan fingerprint density at radius 3 is 2.57 bits per heavy atom. The summed E-state index contributed by atoms with van der Waals surface area (Å²) < 4.78 is 13.7. The summed E-state index contributed by atoms with van der Waals surface area (Å²) in [5.41, 5.74) is 3.63. The Morgan fingerprint density at radius 2 is 1.82 bits per heavy atom. The Labute approximate surface area is 162 Å². The van der Waals surface area contributed by atoms with Gasteiger partial charge in [0.15, 0.2) is 0 Å². The van der Waals surface area contributed by atoms with E-state index in [9.17, 15) is 14.0 Å². The summed E-state index contributed by atoms with van der Waals surface area (Å²) in [6.07, 6.45) is 0. The molecular weight excluding hydrogens is 355 g/mol. The number of nitrogens with zero attached hydrogens (tertiary/aromatic N) is 1. The molecule has 0 unspecified atom stereocenters. The van der Waals surface area contributed by atoms with Crippen molar-refractivity contribution in [1.82, 2.24) is 4.90 Å². The maximum atomic E-state index is 13.7. The van der Waals surface area contributed by atoms with Gasteiger partial charge in [-0.05, 0) is 36.8 Å². The highest BCUT2D eigenvalue weighted by atomic mass is 19.1. The van der Waals surface area contributed by atoms with E-state index in [4.69, 9.17) is 0 Å². The molecule has 0 bridgehead atoms. The minimum Gasteiger partial charge on any atom is -0.324 e. The Morgan fingerprint density at radius 1 is 1.04 bits per heavy atom. The minimum atomic E-state index is -0.488. The first-order chi connectivity index (χ1) is 13.5. The van der Waals surface area contributed by atoms with Crippen LogP contribution in [0.15, 0.2) is 72.8 Å². The molecule has 1 atom stereocenters. The molecule has 3 aromatic carbocycles. The number of anilines is 1. The van der Waals surface area contributed by atoms with Gasteiger partial charge in [-0.3, -0.25) is 9.59 Å². The van der Waals surface area contributed by atoms with Gasteiger partial charge < -0.3 is 10.2 Å². The molecule has 2 amide bonds. The third-order valence-corrected chi connectivity index (χ3v) is 4.85. The van der Waals surface area contributed by atoms with Gasteiger partial charge in [-0.2, -0.15) is 0 Å². The minimum absolute atomic E-state index is 0.122. The first kappa shape index (κ1) is 17.9. The van der Waals surface area contributed by atoms with E-state index in [1.54, 1.807) is 6.07 Å². The smallest absolute Gasteiger partial charge is 0.255 e. The maximum absolute atomic E-state index is 13.7. The molecule has 0 radical (unpaired) electrons. The van der Waals surface area contributed by atoms with Crippen LogP contribution in [-0.4, -0.2) is 23.3 Å². The van der Waals surface area contributed by atoms with Crippen molar-refractivity contribution in [3.63, 3.8) is 0 Å². The van der Waals surface area contributed by atoms with E-state index in [-0.39, 0.29) is 18.0 Å². The predicted octanol–water partition coefficient (Wildman–Crippen LogP) is 4.32. The monoisotopic (exact) mass is 374 g/mol. The molecule has 4 rings (SSSR count). The van der Waals surface area contributed by atoms with E-state index in [1.165, 1.54) is 23.1 Å². The van der Waals surface area contributed by atoms with Gasteiger partial charge in [-0.15, -0.1) is 0 Å². The number of carbonyl (C=O) groups excluding carboxylic acids is 2. The zero-order chi connectivity index (χ0) is 19.7. The SMILES string of the molecule is Cc1ccc2c(c1)[C@@H](c1ccccc1)N(C(=O)c1cccc(F)c1)CC(=O)N2. The van der Waals surface area contributed by atoms with Crippen molar-refractivity contribution in [2.24, 2.45) is 0 Å². The first-order valence-corrected chi connectivity index (χ1v) is 9.05. The number of rotatable bonds is 2. The van der Waals surface area contributed by atoms with E-state index >= 15 is 0 Å². The summed E-state index contributed by atoms with van der Waals surface area (Å²) in [6, 6.07) is 20.4. The van der Waals surface area contributed by atoms with Gasteiger partial charge in [0, 0.05) is 16.8 Å². The van der Waals surface area contributed by atoms with Gasteiger partial charge in [-0.25, -0.2) is 4.39 Å². The Hall–Kier alpha value is -3.47. The van der Waals surface area contributed by atoms with E-state index in [1.807, 2.05) is 55.5 Å². The lowest BCUT2D eigenvalue weighted by atomic mass is 9.94. The highest BCUT2D eigenvalue weighted by molar-refractivity contribution is 6.01. The highest BCUT2D eigenvalue weighted by Gasteiger charge is 2.34. The zero-order valence-electron chi connectivity index (χ0n) is 15.4. The fourth-order valence-corrected chi connectivity index (χ4v) is 3.60. The summed E-state index contributed by atoms with van der Waals surface area (Å²) in [4.78, 5) is 27.4. The van der Waals surface area contributed by atoms with Crippen molar-refractivity contribution in [2.75, 3.05) is 11.9 Å². The average molecular weight is 374 g/mol. The summed E-state index contributed by atoms with van der Waals surface area (Å²) in [5.74, 6) is -1.16. The molecule has 0 saturated heterocycles. The van der Waals surface area contributed by atoms with Gasteiger partial charge >= 0.3 is 0 Å². The highest BCUT2D eigenvalue weighted by Crippen LogP contribution is 2.37. The normalized spacial score (nSPS) is 16.1. The lowest BCUT2D eigenvalue weighted by Gasteiger charge is -2.31. The molecule has 28 heavy (non-hydrogen) atoms. The molecular formula is C23H19FN2O2. The summed E-state index contributed by atoms with van der Waals surface area (Å²) in [6.45, 7) is 1.84. The van der Waals surface area contributed by atoms with Crippen LogP contribution in [0.4, 0.5) is 10.1 Å². The molecule has 1 aliphatic rings. The van der Waals surface area contributed by atoms with Crippen LogP contribution in [-0.2, 0) is 4.79 Å². The second-order valence-electron chi connectivity index (χ2n) is 6.90. The molecule has 0 saturated carbocycles. The third kappa shape index (κ3) is 3.39. The van der Waals surface area contributed by atoms with Gasteiger partial charge in [0.25, 0.3) is 5.91 Å². The Bertz CT molecular complexity index is 1050. The number of amides is 2. The summed E-state index contributed by atoms with van der Waals surface area (Å²) >= 11 is 0. The fraction of sp³-hybridized carbons (Fsp3) is 0.130. The molecule has 0 spiro atoms. The van der Waals surface area contributed by atoms with E-state index in [0.29, 0.717) is 5.69 Å². The van der Waals surface area contributed by atoms with Crippen LogP contribution in [0.3, 0.4) is 0 Å². The van der Waals surface area contributed by atoms with Crippen LogP contribution in [0.25, 0.3) is 0 Å². The van der Waals surface area contributed by atoms with Crippen LogP contribution in [0.2, 0.25) is 0 Å². The first-order valence-electron chi connectivity index (χ1n) is 9.05. The number of hydrogen-bond acceptors (Lipinski definition) is 2. The lowest BCUT2D eigenvalue weighted by molar-refractivity contribution is -0.117. The summed E-state index contributed by atoms with van der Waals surface area (Å²) in [7, 11) is 0. The molecule has 1 aliphatic heterocycles. The van der Waals surface area contributed by atoms with Gasteiger partial charge in [0.05, 0.1) is 6.04 Å². The number of aryl methyl sites for hydroxylation is 1. The zero-order valence-corrected chi connectivity index (χ0v) is 15.4. The number of hydrogen-bond donors (Lipinski definition) is 1. The molecule has 3 aromatic rings. The van der Waals surface area contributed by atoms with E-state index < -0.39 is 17.8 Å². The van der Waals surface area contributed by atoms with E-state index in [0.717, 1.165) is 16.7 Å². The molecule has 0 fully saturated rings. The molecule has 0 aromatic heterocycles. The molecule has 1 heterocycles.